The molecule has 0 amide bonds. The molecule has 0 aliphatic heterocycles. The summed E-state index contributed by atoms with van der Waals surface area (Å²) in [5.74, 6) is 0.865. The number of hydrogen-bond donors (Lipinski definition) is 1. The van der Waals surface area contributed by atoms with Gasteiger partial charge in [0.1, 0.15) is 12.4 Å². The molecular weight excluding hydrogens is 312 g/mol. The normalized spacial score (nSPS) is 12.4. The van der Waals surface area contributed by atoms with Gasteiger partial charge in [0.05, 0.1) is 9.89 Å². The molecule has 2 aromatic rings. The van der Waals surface area contributed by atoms with Gasteiger partial charge in [0, 0.05) is 4.88 Å². The predicted octanol–water partition coefficient (Wildman–Crippen LogP) is 4.45. The Hall–Kier alpha value is -0.840. The molecule has 0 aliphatic carbocycles. The number of ether oxygens (including phenoxy) is 1. The maximum absolute atomic E-state index is 9.51. The minimum absolute atomic E-state index is 0.439. The van der Waals surface area contributed by atoms with Crippen molar-refractivity contribution in [3.63, 3.8) is 0 Å². The van der Waals surface area contributed by atoms with Crippen molar-refractivity contribution in [1.29, 1.82) is 0 Å². The van der Waals surface area contributed by atoms with E-state index in [1.54, 1.807) is 18.3 Å². The summed E-state index contributed by atoms with van der Waals surface area (Å²) in [6.45, 7) is 4.33. The van der Waals surface area contributed by atoms with Gasteiger partial charge in [0.15, 0.2) is 0 Å². The zero-order valence-electron chi connectivity index (χ0n) is 10.3. The van der Waals surface area contributed by atoms with Gasteiger partial charge in [-0.3, -0.25) is 0 Å². The van der Waals surface area contributed by atoms with Crippen LogP contribution in [0, 0.1) is 6.92 Å². The van der Waals surface area contributed by atoms with E-state index in [-0.39, 0.29) is 0 Å². The molecule has 18 heavy (non-hydrogen) atoms. The first kappa shape index (κ1) is 13.6. The second-order valence-electron chi connectivity index (χ2n) is 4.20. The molecule has 0 bridgehead atoms. The van der Waals surface area contributed by atoms with Gasteiger partial charge in [-0.25, -0.2) is 0 Å². The van der Waals surface area contributed by atoms with Crippen molar-refractivity contribution in [2.75, 3.05) is 0 Å². The largest absolute Gasteiger partial charge is 0.488 e. The van der Waals surface area contributed by atoms with Gasteiger partial charge in [-0.05, 0) is 65.2 Å². The van der Waals surface area contributed by atoms with Crippen LogP contribution < -0.4 is 4.74 Å². The monoisotopic (exact) mass is 326 g/mol. The van der Waals surface area contributed by atoms with Crippen LogP contribution >= 0.6 is 27.3 Å². The fourth-order valence-corrected chi connectivity index (χ4v) is 3.07. The Bertz CT molecular complexity index is 534. The molecule has 2 rings (SSSR count). The maximum atomic E-state index is 9.51. The van der Waals surface area contributed by atoms with Crippen LogP contribution in [-0.2, 0) is 6.61 Å². The van der Waals surface area contributed by atoms with Crippen LogP contribution in [0.2, 0.25) is 0 Å². The zero-order chi connectivity index (χ0) is 13.1. The van der Waals surface area contributed by atoms with E-state index >= 15 is 0 Å². The highest BCUT2D eigenvalue weighted by Gasteiger charge is 2.06. The smallest absolute Gasteiger partial charge is 0.122 e. The van der Waals surface area contributed by atoms with Crippen molar-refractivity contribution in [1.82, 2.24) is 0 Å². The number of halogens is 1. The second kappa shape index (κ2) is 5.87. The van der Waals surface area contributed by atoms with E-state index in [4.69, 9.17) is 4.74 Å². The molecule has 0 spiro atoms. The Balaban J connectivity index is 2.05. The summed E-state index contributed by atoms with van der Waals surface area (Å²) in [6.07, 6.45) is -0.439. The van der Waals surface area contributed by atoms with E-state index in [9.17, 15) is 5.11 Å². The van der Waals surface area contributed by atoms with Gasteiger partial charge in [-0.15, -0.1) is 11.3 Å². The fraction of sp³-hybridized carbons (Fsp3) is 0.286. The SMILES string of the molecule is Cc1cc([C@H](C)O)ccc1OCc1ccc(Br)s1. The molecule has 0 radical (unpaired) electrons. The topological polar surface area (TPSA) is 29.5 Å². The first-order valence-corrected chi connectivity index (χ1v) is 7.33. The highest BCUT2D eigenvalue weighted by molar-refractivity contribution is 9.11. The number of aliphatic hydroxyl groups is 1. The minimum Gasteiger partial charge on any atom is -0.488 e. The number of thiophene rings is 1. The van der Waals surface area contributed by atoms with E-state index in [2.05, 4.69) is 15.9 Å². The maximum Gasteiger partial charge on any atom is 0.122 e. The average Bonchev–Trinajstić information content (AvgIpc) is 2.73. The first-order chi connectivity index (χ1) is 8.56. The number of aryl methyl sites for hydroxylation is 1. The Morgan fingerprint density at radius 3 is 2.67 bits per heavy atom. The van der Waals surface area contributed by atoms with Crippen LogP contribution in [0.4, 0.5) is 0 Å². The molecule has 96 valence electrons. The molecule has 0 unspecified atom stereocenters. The van der Waals surface area contributed by atoms with E-state index in [0.29, 0.717) is 6.61 Å². The lowest BCUT2D eigenvalue weighted by atomic mass is 10.1. The summed E-state index contributed by atoms with van der Waals surface area (Å²) in [5, 5.41) is 9.51. The molecule has 0 saturated heterocycles. The third-order valence-electron chi connectivity index (χ3n) is 2.68. The van der Waals surface area contributed by atoms with Gasteiger partial charge in [0.25, 0.3) is 0 Å². The predicted molar refractivity (Wildman–Crippen MR) is 78.2 cm³/mol. The summed E-state index contributed by atoms with van der Waals surface area (Å²) in [7, 11) is 0. The van der Waals surface area contributed by atoms with Gasteiger partial charge in [-0.2, -0.15) is 0 Å². The van der Waals surface area contributed by atoms with Crippen molar-refractivity contribution in [3.8, 4) is 5.75 Å². The zero-order valence-corrected chi connectivity index (χ0v) is 12.7. The third-order valence-corrected chi connectivity index (χ3v) is 4.28. The molecule has 1 N–H and O–H groups in total. The highest BCUT2D eigenvalue weighted by Crippen LogP contribution is 2.26. The molecule has 0 aliphatic rings. The summed E-state index contributed by atoms with van der Waals surface area (Å²) in [6, 6.07) is 9.85. The van der Waals surface area contributed by atoms with E-state index < -0.39 is 6.10 Å². The van der Waals surface area contributed by atoms with Gasteiger partial charge in [0.2, 0.25) is 0 Å². The van der Waals surface area contributed by atoms with Crippen molar-refractivity contribution in [2.45, 2.75) is 26.6 Å². The summed E-state index contributed by atoms with van der Waals surface area (Å²) in [5.41, 5.74) is 1.96. The first-order valence-electron chi connectivity index (χ1n) is 5.72. The molecule has 1 heterocycles. The van der Waals surface area contributed by atoms with Crippen molar-refractivity contribution >= 4 is 27.3 Å². The molecule has 4 heteroatoms. The lowest BCUT2D eigenvalue weighted by molar-refractivity contribution is 0.199. The Labute approximate surface area is 119 Å². The molecular formula is C14H15BrO2S. The number of rotatable bonds is 4. The van der Waals surface area contributed by atoms with Crippen LogP contribution in [0.1, 0.15) is 29.0 Å². The van der Waals surface area contributed by atoms with Crippen LogP contribution in [-0.4, -0.2) is 5.11 Å². The van der Waals surface area contributed by atoms with Gasteiger partial charge < -0.3 is 9.84 Å². The number of benzene rings is 1. The van der Waals surface area contributed by atoms with Crippen LogP contribution in [0.25, 0.3) is 0 Å². The van der Waals surface area contributed by atoms with Crippen molar-refractivity contribution < 1.29 is 9.84 Å². The minimum atomic E-state index is -0.439. The highest BCUT2D eigenvalue weighted by atomic mass is 79.9. The molecule has 0 fully saturated rings. The molecule has 1 aromatic carbocycles. The average molecular weight is 327 g/mol. The van der Waals surface area contributed by atoms with Crippen molar-refractivity contribution in [2.24, 2.45) is 0 Å². The summed E-state index contributed by atoms with van der Waals surface area (Å²) >= 11 is 5.11. The van der Waals surface area contributed by atoms with Gasteiger partial charge in [-0.1, -0.05) is 6.07 Å². The summed E-state index contributed by atoms with van der Waals surface area (Å²) < 4.78 is 6.89. The summed E-state index contributed by atoms with van der Waals surface area (Å²) in [4.78, 5) is 1.18. The van der Waals surface area contributed by atoms with Crippen LogP contribution in [0.3, 0.4) is 0 Å². The number of hydrogen-bond acceptors (Lipinski definition) is 3. The van der Waals surface area contributed by atoms with E-state index in [0.717, 1.165) is 20.7 Å². The van der Waals surface area contributed by atoms with E-state index in [1.165, 1.54) is 4.88 Å². The standard InChI is InChI=1S/C14H15BrO2S/c1-9-7-11(10(2)16)3-5-13(9)17-8-12-4-6-14(15)18-12/h3-7,10,16H,8H2,1-2H3/t10-/m0/s1. The number of aliphatic hydroxyl groups excluding tert-OH is 1. The van der Waals surface area contributed by atoms with E-state index in [1.807, 2.05) is 37.3 Å². The quantitative estimate of drug-likeness (QED) is 0.899. The second-order valence-corrected chi connectivity index (χ2v) is 6.74. The van der Waals surface area contributed by atoms with Crippen molar-refractivity contribution in [3.05, 3.63) is 50.1 Å². The Morgan fingerprint density at radius 2 is 2.11 bits per heavy atom. The fourth-order valence-electron chi connectivity index (χ4n) is 1.67. The van der Waals surface area contributed by atoms with Gasteiger partial charge >= 0.3 is 0 Å². The molecule has 1 atom stereocenters. The van der Waals surface area contributed by atoms with Crippen LogP contribution in [0.15, 0.2) is 34.1 Å². The molecule has 0 saturated carbocycles. The van der Waals surface area contributed by atoms with Crippen LogP contribution in [0.5, 0.6) is 5.75 Å². The lowest BCUT2D eigenvalue weighted by Gasteiger charge is -2.11. The Kier molecular flexibility index (Phi) is 4.43. The lowest BCUT2D eigenvalue weighted by Crippen LogP contribution is -1.97. The molecule has 1 aromatic heterocycles. The Morgan fingerprint density at radius 1 is 1.33 bits per heavy atom. The third kappa shape index (κ3) is 3.34. The molecule has 2 nitrogen and oxygen atoms in total.